The van der Waals surface area contributed by atoms with Crippen molar-refractivity contribution >= 4 is 17.5 Å². The number of piperidine rings is 1. The third-order valence-corrected chi connectivity index (χ3v) is 4.97. The van der Waals surface area contributed by atoms with Crippen molar-refractivity contribution in [3.05, 3.63) is 54.1 Å². The summed E-state index contributed by atoms with van der Waals surface area (Å²) in [6.45, 7) is 3.60. The van der Waals surface area contributed by atoms with Crippen molar-refractivity contribution in [3.8, 4) is 11.3 Å². The number of fused-ring (bicyclic) bond motifs is 1. The van der Waals surface area contributed by atoms with Crippen molar-refractivity contribution in [2.45, 2.75) is 19.8 Å². The van der Waals surface area contributed by atoms with Crippen LogP contribution in [-0.4, -0.2) is 44.2 Å². The Hall–Kier alpha value is -3.22. The van der Waals surface area contributed by atoms with Crippen LogP contribution in [-0.2, 0) is 0 Å². The zero-order chi connectivity index (χ0) is 19.0. The first-order valence-electron chi connectivity index (χ1n) is 9.07. The van der Waals surface area contributed by atoms with Crippen LogP contribution in [0.4, 0.5) is 0 Å². The van der Waals surface area contributed by atoms with E-state index in [1.54, 1.807) is 10.5 Å². The summed E-state index contributed by atoms with van der Waals surface area (Å²) >= 11 is 0. The summed E-state index contributed by atoms with van der Waals surface area (Å²) in [5.41, 5.74) is 7.72. The molecule has 1 atom stereocenters. The largest absolute Gasteiger partial charge is 0.364 e. The minimum Gasteiger partial charge on any atom is -0.364 e. The van der Waals surface area contributed by atoms with Crippen molar-refractivity contribution in [1.82, 2.24) is 19.3 Å². The number of nitrogens with two attached hydrogens (primary N) is 1. The highest BCUT2D eigenvalue weighted by Crippen LogP contribution is 2.24. The van der Waals surface area contributed by atoms with Gasteiger partial charge in [-0.2, -0.15) is 0 Å². The monoisotopic (exact) mass is 363 g/mol. The number of imidazole rings is 1. The molecular formula is C20H21N5O2. The fourth-order valence-electron chi connectivity index (χ4n) is 3.60. The van der Waals surface area contributed by atoms with E-state index in [9.17, 15) is 9.59 Å². The smallest absolute Gasteiger partial charge is 0.271 e. The standard InChI is InChI=1S/C20H21N5O2/c1-13-6-5-9-24(11-13)20(27)16-10-15(14-7-3-2-4-8-14)23-19-17(18(21)26)22-12-25(16)19/h2-4,7-8,10,12-13H,5-6,9,11H2,1H3,(H2,21,26)/t13-/m1/s1. The van der Waals surface area contributed by atoms with Gasteiger partial charge in [0, 0.05) is 18.7 Å². The molecular weight excluding hydrogens is 342 g/mol. The van der Waals surface area contributed by atoms with E-state index in [4.69, 9.17) is 5.73 Å². The van der Waals surface area contributed by atoms with Gasteiger partial charge in [0.2, 0.25) is 0 Å². The van der Waals surface area contributed by atoms with Crippen molar-refractivity contribution in [3.63, 3.8) is 0 Å². The second-order valence-corrected chi connectivity index (χ2v) is 7.04. The molecule has 3 aromatic rings. The van der Waals surface area contributed by atoms with Crippen LogP contribution in [0.2, 0.25) is 0 Å². The van der Waals surface area contributed by atoms with Crippen molar-refractivity contribution in [2.75, 3.05) is 13.1 Å². The maximum Gasteiger partial charge on any atom is 0.271 e. The van der Waals surface area contributed by atoms with E-state index >= 15 is 0 Å². The Kier molecular flexibility index (Phi) is 4.35. The molecule has 7 nitrogen and oxygen atoms in total. The highest BCUT2D eigenvalue weighted by Gasteiger charge is 2.26. The second-order valence-electron chi connectivity index (χ2n) is 7.04. The number of benzene rings is 1. The molecule has 0 unspecified atom stereocenters. The van der Waals surface area contributed by atoms with Gasteiger partial charge in [-0.1, -0.05) is 37.3 Å². The molecule has 0 aliphatic carbocycles. The van der Waals surface area contributed by atoms with E-state index in [1.165, 1.54) is 6.33 Å². The van der Waals surface area contributed by atoms with Crippen LogP contribution in [0, 0.1) is 5.92 Å². The summed E-state index contributed by atoms with van der Waals surface area (Å²) < 4.78 is 1.56. The summed E-state index contributed by atoms with van der Waals surface area (Å²) in [5.74, 6) is -0.280. The number of hydrogen-bond acceptors (Lipinski definition) is 4. The molecule has 138 valence electrons. The average molecular weight is 363 g/mol. The van der Waals surface area contributed by atoms with E-state index in [0.717, 1.165) is 31.5 Å². The number of carbonyl (C=O) groups excluding carboxylic acids is 2. The third-order valence-electron chi connectivity index (χ3n) is 4.97. The van der Waals surface area contributed by atoms with Crippen molar-refractivity contribution in [2.24, 2.45) is 11.7 Å². The molecule has 0 bridgehead atoms. The molecule has 2 aromatic heterocycles. The summed E-state index contributed by atoms with van der Waals surface area (Å²) in [7, 11) is 0. The lowest BCUT2D eigenvalue weighted by molar-refractivity contribution is 0.0675. The summed E-state index contributed by atoms with van der Waals surface area (Å²) in [5, 5.41) is 0. The van der Waals surface area contributed by atoms with Gasteiger partial charge in [0.25, 0.3) is 11.8 Å². The third kappa shape index (κ3) is 3.16. The van der Waals surface area contributed by atoms with Gasteiger partial charge in [-0.15, -0.1) is 0 Å². The molecule has 0 spiro atoms. The summed E-state index contributed by atoms with van der Waals surface area (Å²) in [6.07, 6.45) is 3.56. The van der Waals surface area contributed by atoms with E-state index in [2.05, 4.69) is 16.9 Å². The Morgan fingerprint density at radius 1 is 1.22 bits per heavy atom. The first-order chi connectivity index (χ1) is 13.0. The summed E-state index contributed by atoms with van der Waals surface area (Å²) in [4.78, 5) is 35.5. The lowest BCUT2D eigenvalue weighted by atomic mass is 10.00. The highest BCUT2D eigenvalue weighted by molar-refractivity contribution is 5.99. The molecule has 0 radical (unpaired) electrons. The highest BCUT2D eigenvalue weighted by atomic mass is 16.2. The lowest BCUT2D eigenvalue weighted by Crippen LogP contribution is -2.39. The van der Waals surface area contributed by atoms with Crippen LogP contribution in [0.25, 0.3) is 16.9 Å². The molecule has 4 rings (SSSR count). The molecule has 1 aliphatic rings. The number of likely N-dealkylation sites (tertiary alicyclic amines) is 1. The predicted octanol–water partition coefficient (Wildman–Crippen LogP) is 2.37. The zero-order valence-corrected chi connectivity index (χ0v) is 15.1. The molecule has 3 heterocycles. The number of primary amides is 1. The Morgan fingerprint density at radius 3 is 2.70 bits per heavy atom. The number of hydrogen-bond donors (Lipinski definition) is 1. The van der Waals surface area contributed by atoms with Crippen LogP contribution < -0.4 is 5.73 Å². The van der Waals surface area contributed by atoms with Crippen LogP contribution in [0.5, 0.6) is 0 Å². The lowest BCUT2D eigenvalue weighted by Gasteiger charge is -2.31. The van der Waals surface area contributed by atoms with Gasteiger partial charge in [-0.05, 0) is 24.8 Å². The van der Waals surface area contributed by atoms with Crippen molar-refractivity contribution in [1.29, 1.82) is 0 Å². The van der Waals surface area contributed by atoms with Crippen molar-refractivity contribution < 1.29 is 9.59 Å². The predicted molar refractivity (Wildman–Crippen MR) is 101 cm³/mol. The topological polar surface area (TPSA) is 93.6 Å². The second kappa shape index (κ2) is 6.83. The summed E-state index contributed by atoms with van der Waals surface area (Å²) in [6, 6.07) is 11.3. The molecule has 2 N–H and O–H groups in total. The van der Waals surface area contributed by atoms with Gasteiger partial charge in [0.1, 0.15) is 12.0 Å². The van der Waals surface area contributed by atoms with Crippen LogP contribution in [0.15, 0.2) is 42.7 Å². The maximum absolute atomic E-state index is 13.3. The minimum absolute atomic E-state index is 0.0637. The molecule has 7 heteroatoms. The van der Waals surface area contributed by atoms with E-state index in [1.807, 2.05) is 35.2 Å². The van der Waals surface area contributed by atoms with Crippen LogP contribution in [0.3, 0.4) is 0 Å². The first kappa shape index (κ1) is 17.2. The average Bonchev–Trinajstić information content (AvgIpc) is 3.11. The zero-order valence-electron chi connectivity index (χ0n) is 15.1. The Balaban J connectivity index is 1.88. The fourth-order valence-corrected chi connectivity index (χ4v) is 3.60. The molecule has 1 aromatic carbocycles. The Bertz CT molecular complexity index is 1010. The number of carbonyl (C=O) groups is 2. The van der Waals surface area contributed by atoms with Gasteiger partial charge in [0.05, 0.1) is 5.69 Å². The Morgan fingerprint density at radius 2 is 2.00 bits per heavy atom. The van der Waals surface area contributed by atoms with Crippen LogP contribution in [0.1, 0.15) is 40.7 Å². The SMILES string of the molecule is C[C@@H]1CCCN(C(=O)c2cc(-c3ccccc3)nc3c(C(N)=O)ncn23)C1. The first-order valence-corrected chi connectivity index (χ1v) is 9.07. The molecule has 1 aliphatic heterocycles. The van der Waals surface area contributed by atoms with E-state index < -0.39 is 5.91 Å². The number of amides is 2. The van der Waals surface area contributed by atoms with E-state index in [0.29, 0.717) is 23.0 Å². The molecule has 1 saturated heterocycles. The van der Waals surface area contributed by atoms with Gasteiger partial charge in [-0.3, -0.25) is 14.0 Å². The quantitative estimate of drug-likeness (QED) is 0.773. The van der Waals surface area contributed by atoms with Gasteiger partial charge in [-0.25, -0.2) is 9.97 Å². The Labute approximate surface area is 156 Å². The van der Waals surface area contributed by atoms with Gasteiger partial charge < -0.3 is 10.6 Å². The van der Waals surface area contributed by atoms with E-state index in [-0.39, 0.29) is 11.6 Å². The normalized spacial score (nSPS) is 17.2. The van der Waals surface area contributed by atoms with Crippen LogP contribution >= 0.6 is 0 Å². The molecule has 2 amide bonds. The number of aromatic nitrogens is 3. The maximum atomic E-state index is 13.3. The molecule has 27 heavy (non-hydrogen) atoms. The molecule has 0 saturated carbocycles. The van der Waals surface area contributed by atoms with Gasteiger partial charge in [0.15, 0.2) is 11.3 Å². The minimum atomic E-state index is -0.666. The molecule has 1 fully saturated rings. The number of nitrogens with zero attached hydrogens (tertiary/aromatic N) is 4. The van der Waals surface area contributed by atoms with Gasteiger partial charge >= 0.3 is 0 Å². The number of rotatable bonds is 3. The fraction of sp³-hybridized carbons (Fsp3) is 0.300.